The fourth-order valence-electron chi connectivity index (χ4n) is 5.39. The number of rotatable bonds is 14. The van der Waals surface area contributed by atoms with Crippen molar-refractivity contribution >= 4 is 35.8 Å². The lowest BCUT2D eigenvalue weighted by Crippen LogP contribution is -2.65. The van der Waals surface area contributed by atoms with Crippen LogP contribution in [0.5, 0.6) is 5.75 Å². The predicted octanol–water partition coefficient (Wildman–Crippen LogP) is 1.54. The van der Waals surface area contributed by atoms with Crippen LogP contribution in [0.1, 0.15) is 84.1 Å². The van der Waals surface area contributed by atoms with Gasteiger partial charge in [0.2, 0.25) is 23.6 Å². The summed E-state index contributed by atoms with van der Waals surface area (Å²) in [5.41, 5.74) is -0.605. The van der Waals surface area contributed by atoms with E-state index >= 15 is 0 Å². The summed E-state index contributed by atoms with van der Waals surface area (Å²) in [6.07, 6.45) is 6.09. The molecule has 44 heavy (non-hydrogen) atoms. The van der Waals surface area contributed by atoms with Gasteiger partial charge in [0.25, 0.3) is 5.91 Å². The molecule has 12 heteroatoms. The Morgan fingerprint density at radius 2 is 1.80 bits per heavy atom. The molecule has 1 aromatic carbocycles. The van der Waals surface area contributed by atoms with Gasteiger partial charge >= 0.3 is 0 Å². The van der Waals surface area contributed by atoms with Crippen LogP contribution in [0.25, 0.3) is 0 Å². The second kappa shape index (κ2) is 16.8. The molecule has 0 aliphatic carbocycles. The number of carbonyl (C=O) groups is 6. The Bertz CT molecular complexity index is 1170. The molecule has 1 aromatic rings. The average molecular weight is 614 g/mol. The fourth-order valence-corrected chi connectivity index (χ4v) is 5.39. The Labute approximate surface area is 259 Å². The molecule has 4 atom stereocenters. The highest BCUT2D eigenvalue weighted by atomic mass is 16.5. The van der Waals surface area contributed by atoms with Crippen molar-refractivity contribution in [3.63, 3.8) is 0 Å². The van der Waals surface area contributed by atoms with Crippen LogP contribution in [0.15, 0.2) is 24.3 Å². The molecule has 12 nitrogen and oxygen atoms in total. The third-order valence-corrected chi connectivity index (χ3v) is 8.33. The highest BCUT2D eigenvalue weighted by molar-refractivity contribution is 5.99. The Kier molecular flexibility index (Phi) is 13.2. The lowest BCUT2D eigenvalue weighted by Gasteiger charge is -2.35. The largest absolute Gasteiger partial charge is 0.484 e. The molecule has 2 saturated heterocycles. The van der Waals surface area contributed by atoms with E-state index < -0.39 is 41.4 Å². The molecule has 2 aliphatic rings. The molecule has 0 spiro atoms. The first kappa shape index (κ1) is 34.5. The number of hydrogen-bond donors (Lipinski definition) is 4. The van der Waals surface area contributed by atoms with E-state index in [4.69, 9.17) is 4.74 Å². The molecule has 2 heterocycles. The van der Waals surface area contributed by atoms with Crippen molar-refractivity contribution in [1.82, 2.24) is 26.2 Å². The van der Waals surface area contributed by atoms with Gasteiger partial charge in [-0.2, -0.15) is 0 Å². The number of carbonyl (C=O) groups excluding carboxylic acids is 6. The van der Waals surface area contributed by atoms with Crippen molar-refractivity contribution < 1.29 is 33.5 Å². The van der Waals surface area contributed by atoms with E-state index in [0.29, 0.717) is 38.1 Å². The van der Waals surface area contributed by atoms with Gasteiger partial charge in [-0.1, -0.05) is 38.8 Å². The van der Waals surface area contributed by atoms with Crippen LogP contribution in [0, 0.1) is 0 Å². The number of amides is 5. The van der Waals surface area contributed by atoms with E-state index in [1.54, 1.807) is 38.1 Å². The first-order valence-corrected chi connectivity index (χ1v) is 15.8. The first-order chi connectivity index (χ1) is 21.1. The average Bonchev–Trinajstić information content (AvgIpc) is 3.51. The van der Waals surface area contributed by atoms with Crippen molar-refractivity contribution in [3.8, 4) is 5.75 Å². The van der Waals surface area contributed by atoms with Crippen LogP contribution in [-0.2, 0) is 35.2 Å². The number of nitrogens with one attached hydrogen (secondary N) is 4. The number of fused-ring (bicyclic) bond motifs is 1. The van der Waals surface area contributed by atoms with Gasteiger partial charge in [0.15, 0.2) is 6.61 Å². The molecular formula is C32H47N5O7. The minimum atomic E-state index is -1.35. The summed E-state index contributed by atoms with van der Waals surface area (Å²) in [6.45, 7) is 6.29. The third kappa shape index (κ3) is 9.52. The summed E-state index contributed by atoms with van der Waals surface area (Å²) in [7, 11) is 0. The van der Waals surface area contributed by atoms with Crippen molar-refractivity contribution in [1.29, 1.82) is 0 Å². The van der Waals surface area contributed by atoms with Crippen molar-refractivity contribution in [2.24, 2.45) is 0 Å². The quantitative estimate of drug-likeness (QED) is 0.183. The van der Waals surface area contributed by atoms with Gasteiger partial charge in [0.1, 0.15) is 35.7 Å². The number of aldehydes is 1. The maximum Gasteiger partial charge on any atom is 0.257 e. The van der Waals surface area contributed by atoms with Crippen LogP contribution < -0.4 is 26.0 Å². The topological polar surface area (TPSA) is 163 Å². The van der Waals surface area contributed by atoms with E-state index in [2.05, 4.69) is 28.2 Å². The zero-order valence-corrected chi connectivity index (χ0v) is 26.1. The maximum atomic E-state index is 13.9. The SMILES string of the molecule is CCCCCNC(=O)COc1ccc(C[C@@H]2NC(=O)[C@](C)(CC)NC(=O)[C@H](CCCC=O)NC(=O)[C@H]3CCCN3C2=O)cc1. The molecule has 4 N–H and O–H groups in total. The highest BCUT2D eigenvalue weighted by Crippen LogP contribution is 2.23. The molecule has 0 radical (unpaired) electrons. The van der Waals surface area contributed by atoms with Crippen molar-refractivity contribution in [2.45, 2.75) is 109 Å². The summed E-state index contributed by atoms with van der Waals surface area (Å²) in [6, 6.07) is 4.24. The van der Waals surface area contributed by atoms with Crippen LogP contribution in [-0.4, -0.2) is 84.1 Å². The third-order valence-electron chi connectivity index (χ3n) is 8.33. The Balaban J connectivity index is 1.77. The van der Waals surface area contributed by atoms with Crippen molar-refractivity contribution in [2.75, 3.05) is 19.7 Å². The van der Waals surface area contributed by atoms with E-state index in [1.807, 2.05) is 0 Å². The molecular weight excluding hydrogens is 566 g/mol. The number of benzene rings is 1. The van der Waals surface area contributed by atoms with E-state index in [-0.39, 0.29) is 44.1 Å². The van der Waals surface area contributed by atoms with Gasteiger partial charge in [-0.25, -0.2) is 0 Å². The summed E-state index contributed by atoms with van der Waals surface area (Å²) in [5, 5.41) is 11.3. The van der Waals surface area contributed by atoms with E-state index in [1.165, 1.54) is 4.90 Å². The lowest BCUT2D eigenvalue weighted by molar-refractivity contribution is -0.144. The fraction of sp³-hybridized carbons (Fsp3) is 0.625. The first-order valence-electron chi connectivity index (χ1n) is 15.8. The summed E-state index contributed by atoms with van der Waals surface area (Å²) in [5.74, 6) is -1.53. The standard InChI is InChI=1S/C32H47N5O7/c1-4-6-8-17-33-27(39)21-44-23-15-13-22(14-16-23)20-25-30(42)37-18-10-12-26(37)29(41)34-24(11-7-9-19-38)28(40)36-32(3,5-2)31(43)35-25/h13-16,19,24-26H,4-12,17-18,20-21H2,1-3H3,(H,33,39)(H,34,41)(H,35,43)(H,36,40)/t24-,25-,26+,32-/m0/s1. The van der Waals surface area contributed by atoms with E-state index in [9.17, 15) is 28.8 Å². The minimum absolute atomic E-state index is 0.111. The van der Waals surface area contributed by atoms with Crippen LogP contribution in [0.3, 0.4) is 0 Å². The molecule has 2 aliphatic heterocycles. The highest BCUT2D eigenvalue weighted by Gasteiger charge is 2.43. The Morgan fingerprint density at radius 1 is 1.05 bits per heavy atom. The Morgan fingerprint density at radius 3 is 2.48 bits per heavy atom. The molecule has 3 rings (SSSR count). The molecule has 2 fully saturated rings. The Hall–Kier alpha value is -3.96. The lowest BCUT2D eigenvalue weighted by atomic mass is 9.94. The number of ether oxygens (including phenoxy) is 1. The number of hydrogen-bond acceptors (Lipinski definition) is 7. The molecule has 0 aromatic heterocycles. The van der Waals surface area contributed by atoms with Gasteiger partial charge in [-0.15, -0.1) is 0 Å². The zero-order chi connectivity index (χ0) is 32.1. The zero-order valence-electron chi connectivity index (χ0n) is 26.1. The smallest absolute Gasteiger partial charge is 0.257 e. The van der Waals surface area contributed by atoms with Gasteiger partial charge in [0.05, 0.1) is 0 Å². The van der Waals surface area contributed by atoms with Gasteiger partial charge in [-0.05, 0) is 63.1 Å². The van der Waals surface area contributed by atoms with Crippen LogP contribution in [0.4, 0.5) is 0 Å². The summed E-state index contributed by atoms with van der Waals surface area (Å²) in [4.78, 5) is 78.6. The second-order valence-electron chi connectivity index (χ2n) is 11.7. The molecule has 5 amide bonds. The van der Waals surface area contributed by atoms with Gasteiger partial charge in [-0.3, -0.25) is 24.0 Å². The maximum absolute atomic E-state index is 13.9. The predicted molar refractivity (Wildman–Crippen MR) is 164 cm³/mol. The minimum Gasteiger partial charge on any atom is -0.484 e. The molecule has 0 unspecified atom stereocenters. The number of unbranched alkanes of at least 4 members (excludes halogenated alkanes) is 3. The van der Waals surface area contributed by atoms with Crippen molar-refractivity contribution in [3.05, 3.63) is 29.8 Å². The second-order valence-corrected chi connectivity index (χ2v) is 11.7. The van der Waals surface area contributed by atoms with Crippen LogP contribution in [0.2, 0.25) is 0 Å². The summed E-state index contributed by atoms with van der Waals surface area (Å²) >= 11 is 0. The normalized spacial score (nSPS) is 24.2. The number of nitrogens with zero attached hydrogens (tertiary/aromatic N) is 1. The van der Waals surface area contributed by atoms with Crippen LogP contribution >= 0.6 is 0 Å². The monoisotopic (exact) mass is 613 g/mol. The molecule has 0 bridgehead atoms. The molecule has 242 valence electrons. The van der Waals surface area contributed by atoms with Gasteiger partial charge in [0, 0.05) is 25.9 Å². The van der Waals surface area contributed by atoms with Gasteiger partial charge < -0.3 is 35.7 Å². The van der Waals surface area contributed by atoms with E-state index in [0.717, 1.165) is 31.1 Å². The summed E-state index contributed by atoms with van der Waals surface area (Å²) < 4.78 is 5.60. The molecule has 0 saturated carbocycles.